The Morgan fingerprint density at radius 3 is 2.90 bits per heavy atom. The molecule has 0 amide bonds. The van der Waals surface area contributed by atoms with Gasteiger partial charge >= 0.3 is 0 Å². The minimum absolute atomic E-state index is 0.231. The smallest absolute Gasteiger partial charge is 0.228 e. The van der Waals surface area contributed by atoms with Gasteiger partial charge in [0.05, 0.1) is 11.6 Å². The topological polar surface area (TPSA) is 92.5 Å². The standard InChI is InChI=1S/C12H8Cl2N6/c13-6-1-2-7(9(14)3-6)10-8(4-15)11(16)20-12(19-10)17-5-18-20/h1-3,5,10H,16H2,(H,17,18,19)/t10-/m1/s1. The summed E-state index contributed by atoms with van der Waals surface area (Å²) in [6.07, 6.45) is 1.36. The molecule has 0 spiro atoms. The summed E-state index contributed by atoms with van der Waals surface area (Å²) in [4.78, 5) is 4.05. The lowest BCUT2D eigenvalue weighted by Crippen LogP contribution is -2.27. The second-order valence-electron chi connectivity index (χ2n) is 4.15. The van der Waals surface area contributed by atoms with Crippen LogP contribution in [-0.2, 0) is 0 Å². The highest BCUT2D eigenvalue weighted by molar-refractivity contribution is 6.35. The Morgan fingerprint density at radius 2 is 2.20 bits per heavy atom. The Kier molecular flexibility index (Phi) is 3.01. The third-order valence-electron chi connectivity index (χ3n) is 3.01. The van der Waals surface area contributed by atoms with Crippen LogP contribution in [0, 0.1) is 11.3 Å². The summed E-state index contributed by atoms with van der Waals surface area (Å²) >= 11 is 12.1. The van der Waals surface area contributed by atoms with Crippen LogP contribution in [0.5, 0.6) is 0 Å². The summed E-state index contributed by atoms with van der Waals surface area (Å²) < 4.78 is 1.37. The summed E-state index contributed by atoms with van der Waals surface area (Å²) in [5.74, 6) is 0.687. The Hall–Kier alpha value is -2.23. The molecule has 8 heteroatoms. The summed E-state index contributed by atoms with van der Waals surface area (Å²) in [6.45, 7) is 0. The molecular formula is C12H8Cl2N6. The molecule has 0 radical (unpaired) electrons. The number of nitrogens with two attached hydrogens (primary N) is 1. The highest BCUT2D eigenvalue weighted by Crippen LogP contribution is 2.36. The van der Waals surface area contributed by atoms with Crippen molar-refractivity contribution >= 4 is 35.0 Å². The third-order valence-corrected chi connectivity index (χ3v) is 3.57. The van der Waals surface area contributed by atoms with Crippen molar-refractivity contribution in [2.75, 3.05) is 5.32 Å². The van der Waals surface area contributed by atoms with Crippen molar-refractivity contribution in [2.45, 2.75) is 6.04 Å². The molecule has 0 saturated carbocycles. The number of halogens is 2. The SMILES string of the molecule is N#CC1=C(N)n2ncnc2N[C@@H]1c1ccc(Cl)cc1Cl. The number of nitrogens with one attached hydrogen (secondary N) is 1. The zero-order valence-corrected chi connectivity index (χ0v) is 11.5. The van der Waals surface area contributed by atoms with Gasteiger partial charge < -0.3 is 11.1 Å². The lowest BCUT2D eigenvalue weighted by atomic mass is 9.98. The molecule has 0 fully saturated rings. The highest BCUT2D eigenvalue weighted by Gasteiger charge is 2.29. The molecule has 0 unspecified atom stereocenters. The minimum atomic E-state index is -0.485. The van der Waals surface area contributed by atoms with Gasteiger partial charge in [-0.3, -0.25) is 0 Å². The van der Waals surface area contributed by atoms with E-state index >= 15 is 0 Å². The first-order valence-corrected chi connectivity index (χ1v) is 6.39. The molecule has 0 aliphatic carbocycles. The van der Waals surface area contributed by atoms with Gasteiger partial charge in [-0.25, -0.2) is 0 Å². The number of anilines is 1. The van der Waals surface area contributed by atoms with Crippen LogP contribution in [-0.4, -0.2) is 14.8 Å². The van der Waals surface area contributed by atoms with Crippen LogP contribution in [0.25, 0.3) is 5.82 Å². The van der Waals surface area contributed by atoms with Crippen LogP contribution < -0.4 is 11.1 Å². The van der Waals surface area contributed by atoms with Crippen molar-refractivity contribution in [3.05, 3.63) is 45.7 Å². The number of rotatable bonds is 1. The second-order valence-corrected chi connectivity index (χ2v) is 4.99. The molecular weight excluding hydrogens is 299 g/mol. The maximum Gasteiger partial charge on any atom is 0.228 e. The normalized spacial score (nSPS) is 17.4. The molecule has 100 valence electrons. The average Bonchev–Trinajstić information content (AvgIpc) is 2.87. The number of benzene rings is 1. The fraction of sp³-hybridized carbons (Fsp3) is 0.0833. The van der Waals surface area contributed by atoms with Gasteiger partial charge in [0.25, 0.3) is 0 Å². The Labute approximate surface area is 124 Å². The van der Waals surface area contributed by atoms with E-state index in [1.807, 2.05) is 0 Å². The Morgan fingerprint density at radius 1 is 1.40 bits per heavy atom. The van der Waals surface area contributed by atoms with Gasteiger partial charge in [-0.15, -0.1) is 0 Å². The third kappa shape index (κ3) is 1.88. The zero-order valence-electron chi connectivity index (χ0n) is 10.0. The number of nitrogens with zero attached hydrogens (tertiary/aromatic N) is 4. The lowest BCUT2D eigenvalue weighted by Gasteiger charge is -2.25. The monoisotopic (exact) mass is 306 g/mol. The molecule has 1 atom stereocenters. The number of hydrogen-bond acceptors (Lipinski definition) is 5. The van der Waals surface area contributed by atoms with Crippen LogP contribution in [0.4, 0.5) is 5.95 Å². The number of hydrogen-bond donors (Lipinski definition) is 2. The van der Waals surface area contributed by atoms with Crippen molar-refractivity contribution < 1.29 is 0 Å². The summed E-state index contributed by atoms with van der Waals surface area (Å²) in [5.41, 5.74) is 6.99. The van der Waals surface area contributed by atoms with E-state index in [0.29, 0.717) is 27.1 Å². The molecule has 3 N–H and O–H groups in total. The van der Waals surface area contributed by atoms with Crippen LogP contribution in [0.3, 0.4) is 0 Å². The van der Waals surface area contributed by atoms with Crippen molar-refractivity contribution in [3.63, 3.8) is 0 Å². The predicted molar refractivity (Wildman–Crippen MR) is 75.9 cm³/mol. The largest absolute Gasteiger partial charge is 0.383 e. The lowest BCUT2D eigenvalue weighted by molar-refractivity contribution is 0.795. The molecule has 1 aromatic heterocycles. The first-order chi connectivity index (χ1) is 9.61. The predicted octanol–water partition coefficient (Wildman–Crippen LogP) is 2.40. The van der Waals surface area contributed by atoms with E-state index in [1.165, 1.54) is 11.0 Å². The van der Waals surface area contributed by atoms with Gasteiger partial charge in [0.2, 0.25) is 5.95 Å². The molecule has 1 aromatic carbocycles. The zero-order chi connectivity index (χ0) is 14.3. The van der Waals surface area contributed by atoms with Gasteiger partial charge in [0.1, 0.15) is 18.2 Å². The number of fused-ring (bicyclic) bond motifs is 1. The van der Waals surface area contributed by atoms with Crippen molar-refractivity contribution in [1.82, 2.24) is 14.8 Å². The van der Waals surface area contributed by atoms with Crippen molar-refractivity contribution in [1.29, 1.82) is 5.26 Å². The van der Waals surface area contributed by atoms with Crippen LogP contribution >= 0.6 is 23.2 Å². The van der Waals surface area contributed by atoms with Gasteiger partial charge in [0.15, 0.2) is 0 Å². The van der Waals surface area contributed by atoms with E-state index in [1.54, 1.807) is 18.2 Å². The van der Waals surface area contributed by atoms with Crippen LogP contribution in [0.15, 0.2) is 30.1 Å². The quantitative estimate of drug-likeness (QED) is 0.844. The number of nitriles is 1. The molecule has 0 saturated heterocycles. The second kappa shape index (κ2) is 4.71. The Balaban J connectivity index is 2.16. The Bertz CT molecular complexity index is 758. The molecule has 6 nitrogen and oxygen atoms in total. The fourth-order valence-electron chi connectivity index (χ4n) is 2.07. The average molecular weight is 307 g/mol. The van der Waals surface area contributed by atoms with Crippen molar-refractivity contribution in [3.8, 4) is 6.07 Å². The maximum absolute atomic E-state index is 9.34. The summed E-state index contributed by atoms with van der Waals surface area (Å²) in [5, 5.41) is 17.4. The minimum Gasteiger partial charge on any atom is -0.383 e. The van der Waals surface area contributed by atoms with Crippen LogP contribution in [0.1, 0.15) is 11.6 Å². The van der Waals surface area contributed by atoms with E-state index in [4.69, 9.17) is 28.9 Å². The first kappa shape index (κ1) is 12.8. The van der Waals surface area contributed by atoms with Gasteiger partial charge in [-0.2, -0.15) is 20.0 Å². The van der Waals surface area contributed by atoms with E-state index in [-0.39, 0.29) is 5.82 Å². The maximum atomic E-state index is 9.34. The molecule has 1 aliphatic heterocycles. The molecule has 20 heavy (non-hydrogen) atoms. The number of aromatic nitrogens is 3. The van der Waals surface area contributed by atoms with Crippen LogP contribution in [0.2, 0.25) is 10.0 Å². The fourth-order valence-corrected chi connectivity index (χ4v) is 2.59. The van der Waals surface area contributed by atoms with Gasteiger partial charge in [0, 0.05) is 10.0 Å². The van der Waals surface area contributed by atoms with Gasteiger partial charge in [-0.1, -0.05) is 29.3 Å². The van der Waals surface area contributed by atoms with E-state index in [0.717, 1.165) is 0 Å². The molecule has 1 aliphatic rings. The van der Waals surface area contributed by atoms with E-state index in [9.17, 15) is 5.26 Å². The highest BCUT2D eigenvalue weighted by atomic mass is 35.5. The van der Waals surface area contributed by atoms with E-state index < -0.39 is 6.04 Å². The van der Waals surface area contributed by atoms with E-state index in [2.05, 4.69) is 21.5 Å². The molecule has 2 heterocycles. The van der Waals surface area contributed by atoms with Gasteiger partial charge in [-0.05, 0) is 17.7 Å². The molecule has 3 rings (SSSR count). The van der Waals surface area contributed by atoms with Crippen molar-refractivity contribution in [2.24, 2.45) is 5.73 Å². The first-order valence-electron chi connectivity index (χ1n) is 5.63. The summed E-state index contributed by atoms with van der Waals surface area (Å²) in [7, 11) is 0. The summed E-state index contributed by atoms with van der Waals surface area (Å²) in [6, 6.07) is 6.67. The molecule has 2 aromatic rings. The molecule has 0 bridgehead atoms.